The first-order valence-corrected chi connectivity index (χ1v) is 12.8. The molecule has 3 aromatic heterocycles. The van der Waals surface area contributed by atoms with Crippen LogP contribution >= 0.6 is 0 Å². The van der Waals surface area contributed by atoms with Crippen LogP contribution in [0.15, 0.2) is 61.2 Å². The lowest BCUT2D eigenvalue weighted by molar-refractivity contribution is -0.143. The highest BCUT2D eigenvalue weighted by molar-refractivity contribution is 5.86. The van der Waals surface area contributed by atoms with Gasteiger partial charge in [-0.2, -0.15) is 5.10 Å². The first-order valence-electron chi connectivity index (χ1n) is 12.8. The minimum atomic E-state index is -2.66. The van der Waals surface area contributed by atoms with Gasteiger partial charge >= 0.3 is 5.97 Å². The van der Waals surface area contributed by atoms with Crippen molar-refractivity contribution < 1.29 is 23.0 Å². The van der Waals surface area contributed by atoms with E-state index in [1.54, 1.807) is 17.1 Å². The molecule has 39 heavy (non-hydrogen) atoms. The summed E-state index contributed by atoms with van der Waals surface area (Å²) >= 11 is 0. The van der Waals surface area contributed by atoms with Crippen molar-refractivity contribution in [3.63, 3.8) is 0 Å². The van der Waals surface area contributed by atoms with E-state index in [2.05, 4.69) is 15.1 Å². The maximum absolute atomic E-state index is 13.1. The number of esters is 1. The molecule has 200 valence electrons. The van der Waals surface area contributed by atoms with Crippen molar-refractivity contribution in [1.82, 2.24) is 24.7 Å². The van der Waals surface area contributed by atoms with Crippen LogP contribution in [0.4, 0.5) is 8.78 Å². The van der Waals surface area contributed by atoms with Gasteiger partial charge < -0.3 is 9.47 Å². The third-order valence-corrected chi connectivity index (χ3v) is 7.55. The zero-order valence-electron chi connectivity index (χ0n) is 21.6. The third kappa shape index (κ3) is 4.86. The van der Waals surface area contributed by atoms with Gasteiger partial charge in [-0.3, -0.25) is 19.4 Å². The molecule has 0 radical (unpaired) electrons. The van der Waals surface area contributed by atoms with Gasteiger partial charge in [0.05, 0.1) is 42.0 Å². The van der Waals surface area contributed by atoms with E-state index in [1.165, 1.54) is 13.3 Å². The molecule has 0 saturated heterocycles. The molecule has 1 aromatic carbocycles. The Kier molecular flexibility index (Phi) is 6.12. The van der Waals surface area contributed by atoms with Crippen LogP contribution < -0.4 is 4.74 Å². The lowest BCUT2D eigenvalue weighted by Gasteiger charge is -2.34. The van der Waals surface area contributed by atoms with Crippen LogP contribution in [0, 0.1) is 0 Å². The van der Waals surface area contributed by atoms with Crippen molar-refractivity contribution in [1.29, 1.82) is 0 Å². The second-order valence-electron chi connectivity index (χ2n) is 10.2. The highest BCUT2D eigenvalue weighted by Gasteiger charge is 2.52. The summed E-state index contributed by atoms with van der Waals surface area (Å²) < 4.78 is 38.6. The number of benzene rings is 1. The Morgan fingerprint density at radius 2 is 1.77 bits per heavy atom. The maximum atomic E-state index is 13.1. The predicted molar refractivity (Wildman–Crippen MR) is 138 cm³/mol. The average Bonchev–Trinajstić information content (AvgIpc) is 3.66. The van der Waals surface area contributed by atoms with Crippen molar-refractivity contribution in [2.24, 2.45) is 7.05 Å². The summed E-state index contributed by atoms with van der Waals surface area (Å²) in [6.07, 6.45) is 7.55. The SMILES string of the molecule is COC(=O)C1(c2ccc(-c3ccc(-c4cnn(C)c4Cc4cncc(OC5CC(F)(F)C5)n4)nc3)cc2)CC1. The van der Waals surface area contributed by atoms with E-state index in [0.29, 0.717) is 12.1 Å². The largest absolute Gasteiger partial charge is 0.473 e. The lowest BCUT2D eigenvalue weighted by atomic mass is 9.91. The molecular formula is C29H27F2N5O3. The van der Waals surface area contributed by atoms with Gasteiger partial charge in [0.2, 0.25) is 5.88 Å². The second kappa shape index (κ2) is 9.52. The molecule has 6 rings (SSSR count). The number of carbonyl (C=O) groups is 1. The van der Waals surface area contributed by atoms with Gasteiger partial charge in [0, 0.05) is 49.8 Å². The number of nitrogens with zero attached hydrogens (tertiary/aromatic N) is 5. The maximum Gasteiger partial charge on any atom is 0.316 e. The summed E-state index contributed by atoms with van der Waals surface area (Å²) in [5.74, 6) is -2.60. The fourth-order valence-electron chi connectivity index (χ4n) is 5.08. The van der Waals surface area contributed by atoms with E-state index in [-0.39, 0.29) is 24.7 Å². The molecule has 3 heterocycles. The molecule has 2 fully saturated rings. The minimum Gasteiger partial charge on any atom is -0.473 e. The second-order valence-corrected chi connectivity index (χ2v) is 10.2. The molecule has 2 aliphatic carbocycles. The van der Waals surface area contributed by atoms with E-state index in [9.17, 15) is 13.6 Å². The fraction of sp³-hybridized carbons (Fsp3) is 0.345. The van der Waals surface area contributed by atoms with Crippen LogP contribution in [0.25, 0.3) is 22.4 Å². The van der Waals surface area contributed by atoms with Crippen molar-refractivity contribution in [3.8, 4) is 28.3 Å². The number of alkyl halides is 2. The Hall–Kier alpha value is -4.21. The summed E-state index contributed by atoms with van der Waals surface area (Å²) in [7, 11) is 3.28. The molecule has 4 aromatic rings. The fourth-order valence-corrected chi connectivity index (χ4v) is 5.08. The normalized spacial score (nSPS) is 17.3. The number of ether oxygens (including phenoxy) is 2. The van der Waals surface area contributed by atoms with Gasteiger partial charge in [0.25, 0.3) is 5.92 Å². The molecule has 0 amide bonds. The van der Waals surface area contributed by atoms with Crippen LogP contribution in [0.3, 0.4) is 0 Å². The van der Waals surface area contributed by atoms with E-state index in [0.717, 1.165) is 46.5 Å². The molecule has 8 nitrogen and oxygen atoms in total. The number of hydrogen-bond donors (Lipinski definition) is 0. The predicted octanol–water partition coefficient (Wildman–Crippen LogP) is 4.91. The molecular weight excluding hydrogens is 504 g/mol. The monoisotopic (exact) mass is 531 g/mol. The highest BCUT2D eigenvalue weighted by Crippen LogP contribution is 2.49. The molecule has 0 bridgehead atoms. The topological polar surface area (TPSA) is 92.0 Å². The standard InChI is InChI=1S/C29H27F2N5O3/c1-36-25(11-21-15-32-17-26(35-21)39-22-12-29(30,31)13-22)23(16-34-36)24-8-5-19(14-33-24)18-3-6-20(7-4-18)28(9-10-28)27(37)38-2/h3-8,14-17,22H,9-13H2,1-2H3. The molecule has 2 aliphatic rings. The van der Waals surface area contributed by atoms with E-state index >= 15 is 0 Å². The van der Waals surface area contributed by atoms with Crippen LogP contribution in [0.2, 0.25) is 0 Å². The summed E-state index contributed by atoms with van der Waals surface area (Å²) in [6.45, 7) is 0. The van der Waals surface area contributed by atoms with Crippen LogP contribution in [-0.2, 0) is 28.4 Å². The Labute approximate surface area is 224 Å². The van der Waals surface area contributed by atoms with Crippen molar-refractivity contribution in [2.75, 3.05) is 7.11 Å². The Morgan fingerprint density at radius 1 is 1.03 bits per heavy atom. The molecule has 0 aliphatic heterocycles. The highest BCUT2D eigenvalue weighted by atomic mass is 19.3. The Balaban J connectivity index is 1.18. The number of aryl methyl sites for hydroxylation is 1. The van der Waals surface area contributed by atoms with Gasteiger partial charge in [0.1, 0.15) is 6.10 Å². The summed E-state index contributed by atoms with van der Waals surface area (Å²) in [5.41, 5.74) is 5.59. The van der Waals surface area contributed by atoms with Gasteiger partial charge in [-0.15, -0.1) is 0 Å². The summed E-state index contributed by atoms with van der Waals surface area (Å²) in [5, 5.41) is 4.41. The molecule has 2 saturated carbocycles. The quantitative estimate of drug-likeness (QED) is 0.298. The first kappa shape index (κ1) is 25.1. The molecule has 0 atom stereocenters. The van der Waals surface area contributed by atoms with Gasteiger partial charge in [-0.25, -0.2) is 13.8 Å². The smallest absolute Gasteiger partial charge is 0.316 e. The molecule has 10 heteroatoms. The van der Waals surface area contributed by atoms with Gasteiger partial charge in [0.15, 0.2) is 0 Å². The van der Waals surface area contributed by atoms with Crippen molar-refractivity contribution in [2.45, 2.75) is 49.5 Å². The minimum absolute atomic E-state index is 0.179. The lowest BCUT2D eigenvalue weighted by Crippen LogP contribution is -2.43. The number of pyridine rings is 1. The van der Waals surface area contributed by atoms with Crippen molar-refractivity contribution in [3.05, 3.63) is 78.1 Å². The van der Waals surface area contributed by atoms with E-state index in [4.69, 9.17) is 14.5 Å². The summed E-state index contributed by atoms with van der Waals surface area (Å²) in [4.78, 5) is 25.5. The number of carbonyl (C=O) groups excluding carboxylic acids is 1. The van der Waals surface area contributed by atoms with Gasteiger partial charge in [-0.1, -0.05) is 30.3 Å². The molecule has 0 spiro atoms. The Morgan fingerprint density at radius 3 is 2.41 bits per heavy atom. The number of halogens is 2. The van der Waals surface area contributed by atoms with Crippen LogP contribution in [0.5, 0.6) is 5.88 Å². The van der Waals surface area contributed by atoms with Crippen molar-refractivity contribution >= 4 is 5.97 Å². The van der Waals surface area contributed by atoms with Crippen LogP contribution in [-0.4, -0.2) is 49.8 Å². The Bertz CT molecular complexity index is 1510. The average molecular weight is 532 g/mol. The zero-order chi connectivity index (χ0) is 27.2. The number of rotatable bonds is 8. The number of methoxy groups -OCH3 is 1. The number of aromatic nitrogens is 5. The first-order chi connectivity index (χ1) is 18.8. The molecule has 0 N–H and O–H groups in total. The third-order valence-electron chi connectivity index (χ3n) is 7.55. The van der Waals surface area contributed by atoms with E-state index in [1.807, 2.05) is 49.6 Å². The molecule has 0 unspecified atom stereocenters. The van der Waals surface area contributed by atoms with E-state index < -0.39 is 17.4 Å². The summed E-state index contributed by atoms with van der Waals surface area (Å²) in [6, 6.07) is 11.9. The zero-order valence-corrected chi connectivity index (χ0v) is 21.6. The van der Waals surface area contributed by atoms with Gasteiger partial charge in [-0.05, 0) is 30.0 Å². The van der Waals surface area contributed by atoms with Crippen LogP contribution in [0.1, 0.15) is 42.6 Å². The number of hydrogen-bond acceptors (Lipinski definition) is 7.